The number of aromatic nitrogens is 2. The summed E-state index contributed by atoms with van der Waals surface area (Å²) in [6.07, 6.45) is 5.04. The lowest BCUT2D eigenvalue weighted by Gasteiger charge is -2.31. The number of likely N-dealkylation sites (tertiary alicyclic amines) is 1. The van der Waals surface area contributed by atoms with Crippen LogP contribution in [0.15, 0.2) is 23.6 Å². The summed E-state index contributed by atoms with van der Waals surface area (Å²) in [5.74, 6) is -0.169. The Kier molecular flexibility index (Phi) is 5.34. The molecule has 0 aliphatic carbocycles. The molecule has 1 aliphatic rings. The molecule has 2 heterocycles. The van der Waals surface area contributed by atoms with Gasteiger partial charge in [0.15, 0.2) is 5.16 Å². The molecule has 6 nitrogen and oxygen atoms in total. The smallest absolute Gasteiger partial charge is 0.303 e. The fourth-order valence-electron chi connectivity index (χ4n) is 2.21. The van der Waals surface area contributed by atoms with Crippen LogP contribution in [-0.4, -0.2) is 50.7 Å². The summed E-state index contributed by atoms with van der Waals surface area (Å²) in [5.41, 5.74) is 0. The molecule has 0 spiro atoms. The van der Waals surface area contributed by atoms with Gasteiger partial charge in [0, 0.05) is 31.9 Å². The molecule has 1 N–H and O–H groups in total. The summed E-state index contributed by atoms with van der Waals surface area (Å²) in [5, 5.41) is 9.35. The van der Waals surface area contributed by atoms with E-state index in [2.05, 4.69) is 9.97 Å². The minimum atomic E-state index is -0.758. The lowest BCUT2D eigenvalue weighted by molar-refractivity contribution is -0.138. The third-order valence-corrected chi connectivity index (χ3v) is 4.16. The van der Waals surface area contributed by atoms with Crippen molar-refractivity contribution in [2.24, 2.45) is 5.92 Å². The normalized spacial score (nSPS) is 16.1. The first-order chi connectivity index (χ1) is 9.65. The summed E-state index contributed by atoms with van der Waals surface area (Å²) in [6.45, 7) is 1.29. The van der Waals surface area contributed by atoms with Gasteiger partial charge in [0.05, 0.1) is 5.75 Å². The van der Waals surface area contributed by atoms with Gasteiger partial charge in [-0.15, -0.1) is 0 Å². The van der Waals surface area contributed by atoms with Crippen molar-refractivity contribution >= 4 is 23.6 Å². The van der Waals surface area contributed by atoms with Crippen LogP contribution in [0.4, 0.5) is 0 Å². The van der Waals surface area contributed by atoms with E-state index in [0.29, 0.717) is 24.0 Å². The molecular formula is C13H17N3O3S. The summed E-state index contributed by atoms with van der Waals surface area (Å²) >= 11 is 1.33. The molecule has 0 bridgehead atoms. The van der Waals surface area contributed by atoms with Gasteiger partial charge in [0.2, 0.25) is 5.91 Å². The number of carbonyl (C=O) groups is 2. The van der Waals surface area contributed by atoms with E-state index < -0.39 is 5.97 Å². The average Bonchev–Trinajstić information content (AvgIpc) is 2.46. The zero-order valence-corrected chi connectivity index (χ0v) is 11.9. The van der Waals surface area contributed by atoms with Crippen molar-refractivity contribution in [1.29, 1.82) is 0 Å². The molecule has 108 valence electrons. The third kappa shape index (κ3) is 4.48. The van der Waals surface area contributed by atoms with E-state index in [0.717, 1.165) is 12.8 Å². The summed E-state index contributed by atoms with van der Waals surface area (Å²) in [7, 11) is 0. The minimum absolute atomic E-state index is 0.0660. The van der Waals surface area contributed by atoms with Crippen molar-refractivity contribution in [1.82, 2.24) is 14.9 Å². The topological polar surface area (TPSA) is 83.4 Å². The molecule has 0 atom stereocenters. The van der Waals surface area contributed by atoms with Crippen LogP contribution in [-0.2, 0) is 9.59 Å². The molecule has 0 radical (unpaired) electrons. The molecule has 1 fully saturated rings. The van der Waals surface area contributed by atoms with Gasteiger partial charge in [-0.25, -0.2) is 9.97 Å². The van der Waals surface area contributed by atoms with Gasteiger partial charge in [-0.2, -0.15) is 0 Å². The molecule has 1 aliphatic heterocycles. The van der Waals surface area contributed by atoms with E-state index in [-0.39, 0.29) is 18.2 Å². The van der Waals surface area contributed by atoms with Gasteiger partial charge in [-0.1, -0.05) is 11.8 Å². The maximum absolute atomic E-state index is 12.0. The van der Waals surface area contributed by atoms with E-state index in [9.17, 15) is 9.59 Å². The maximum Gasteiger partial charge on any atom is 0.303 e. The Hall–Kier alpha value is -1.63. The predicted octanol–water partition coefficient (Wildman–Crippen LogP) is 1.28. The fourth-order valence-corrected chi connectivity index (χ4v) is 2.92. The highest BCUT2D eigenvalue weighted by Gasteiger charge is 2.24. The fraction of sp³-hybridized carbons (Fsp3) is 0.538. The van der Waals surface area contributed by atoms with Gasteiger partial charge in [-0.05, 0) is 24.8 Å². The number of carboxylic acid groups (broad SMARTS) is 1. The standard InChI is InChI=1S/C13H17N3O3S/c17-11(9-20-13-14-4-1-5-15-13)16-6-2-10(3-7-16)8-12(18)19/h1,4-5,10H,2-3,6-9H2,(H,18,19). The number of hydrogen-bond donors (Lipinski definition) is 1. The van der Waals surface area contributed by atoms with E-state index >= 15 is 0 Å². The molecular weight excluding hydrogens is 278 g/mol. The lowest BCUT2D eigenvalue weighted by atomic mass is 9.94. The second-order valence-electron chi connectivity index (χ2n) is 4.74. The molecule has 1 saturated heterocycles. The predicted molar refractivity (Wildman–Crippen MR) is 74.3 cm³/mol. The number of amides is 1. The summed E-state index contributed by atoms with van der Waals surface area (Å²) < 4.78 is 0. The van der Waals surface area contributed by atoms with Gasteiger partial charge < -0.3 is 10.0 Å². The number of nitrogens with zero attached hydrogens (tertiary/aromatic N) is 3. The number of piperidine rings is 1. The highest BCUT2D eigenvalue weighted by atomic mass is 32.2. The van der Waals surface area contributed by atoms with Crippen LogP contribution >= 0.6 is 11.8 Å². The molecule has 1 amide bonds. The monoisotopic (exact) mass is 295 g/mol. The Morgan fingerprint density at radius 2 is 1.95 bits per heavy atom. The first-order valence-corrected chi connectivity index (χ1v) is 7.53. The molecule has 20 heavy (non-hydrogen) atoms. The first-order valence-electron chi connectivity index (χ1n) is 6.54. The van der Waals surface area contributed by atoms with Crippen molar-refractivity contribution in [2.75, 3.05) is 18.8 Å². The van der Waals surface area contributed by atoms with Crippen LogP contribution in [0.2, 0.25) is 0 Å². The molecule has 1 aromatic rings. The van der Waals surface area contributed by atoms with E-state index in [4.69, 9.17) is 5.11 Å². The van der Waals surface area contributed by atoms with Crippen molar-refractivity contribution in [3.63, 3.8) is 0 Å². The van der Waals surface area contributed by atoms with E-state index in [1.165, 1.54) is 11.8 Å². The number of carbonyl (C=O) groups excluding carboxylic acids is 1. The Labute approximate surface area is 121 Å². The SMILES string of the molecule is O=C(O)CC1CCN(C(=O)CSc2ncccn2)CC1. The zero-order valence-electron chi connectivity index (χ0n) is 11.1. The first kappa shape index (κ1) is 14.8. The van der Waals surface area contributed by atoms with Crippen molar-refractivity contribution < 1.29 is 14.7 Å². The second-order valence-corrected chi connectivity index (χ2v) is 5.68. The van der Waals surface area contributed by atoms with Crippen LogP contribution < -0.4 is 0 Å². The zero-order chi connectivity index (χ0) is 14.4. The maximum atomic E-state index is 12.0. The number of aliphatic carboxylic acids is 1. The highest BCUT2D eigenvalue weighted by molar-refractivity contribution is 7.99. The number of hydrogen-bond acceptors (Lipinski definition) is 5. The third-order valence-electron chi connectivity index (χ3n) is 3.30. The van der Waals surface area contributed by atoms with Crippen molar-refractivity contribution in [2.45, 2.75) is 24.4 Å². The Bertz CT molecular complexity index is 461. The molecule has 0 unspecified atom stereocenters. The van der Waals surface area contributed by atoms with Crippen LogP contribution in [0.3, 0.4) is 0 Å². The van der Waals surface area contributed by atoms with Gasteiger partial charge in [0.1, 0.15) is 0 Å². The molecule has 7 heteroatoms. The lowest BCUT2D eigenvalue weighted by Crippen LogP contribution is -2.39. The number of carboxylic acids is 1. The van der Waals surface area contributed by atoms with Crippen LogP contribution in [0, 0.1) is 5.92 Å². The Morgan fingerprint density at radius 3 is 2.55 bits per heavy atom. The van der Waals surface area contributed by atoms with E-state index in [1.807, 2.05) is 0 Å². The average molecular weight is 295 g/mol. The Morgan fingerprint density at radius 1 is 1.30 bits per heavy atom. The number of rotatable bonds is 5. The van der Waals surface area contributed by atoms with Gasteiger partial charge >= 0.3 is 5.97 Å². The largest absolute Gasteiger partial charge is 0.481 e. The number of thioether (sulfide) groups is 1. The van der Waals surface area contributed by atoms with Crippen LogP contribution in [0.5, 0.6) is 0 Å². The summed E-state index contributed by atoms with van der Waals surface area (Å²) in [4.78, 5) is 32.6. The van der Waals surface area contributed by atoms with Gasteiger partial charge in [0.25, 0.3) is 0 Å². The molecule has 0 aromatic carbocycles. The molecule has 0 saturated carbocycles. The molecule has 1 aromatic heterocycles. The second kappa shape index (κ2) is 7.23. The molecule has 2 rings (SSSR count). The minimum Gasteiger partial charge on any atom is -0.481 e. The van der Waals surface area contributed by atoms with Gasteiger partial charge in [-0.3, -0.25) is 9.59 Å². The van der Waals surface area contributed by atoms with Crippen molar-refractivity contribution in [3.05, 3.63) is 18.5 Å². The van der Waals surface area contributed by atoms with Crippen LogP contribution in [0.25, 0.3) is 0 Å². The van der Waals surface area contributed by atoms with Crippen LogP contribution in [0.1, 0.15) is 19.3 Å². The van der Waals surface area contributed by atoms with E-state index in [1.54, 1.807) is 23.4 Å². The van der Waals surface area contributed by atoms with Crippen molar-refractivity contribution in [3.8, 4) is 0 Å². The Balaban J connectivity index is 1.73. The highest BCUT2D eigenvalue weighted by Crippen LogP contribution is 2.21. The quantitative estimate of drug-likeness (QED) is 0.651. The summed E-state index contributed by atoms with van der Waals surface area (Å²) in [6, 6.07) is 1.74.